The smallest absolute Gasteiger partial charge is 0.344 e. The largest absolute Gasteiger partial charge is 0.479 e. The van der Waals surface area contributed by atoms with Gasteiger partial charge in [-0.15, -0.1) is 11.3 Å². The van der Waals surface area contributed by atoms with Gasteiger partial charge in [-0.3, -0.25) is 14.4 Å². The molecule has 1 aliphatic heterocycles. The number of β-lactam (4-membered cyclic amide) rings is 1. The van der Waals surface area contributed by atoms with E-state index in [9.17, 15) is 14.4 Å². The maximum absolute atomic E-state index is 12.6. The number of carboxylic acids is 1. The molecule has 1 saturated heterocycles. The number of hydrogen-bond donors (Lipinski definition) is 3. The van der Waals surface area contributed by atoms with Crippen molar-refractivity contribution in [3.05, 3.63) is 11.1 Å². The monoisotopic (exact) mass is 374 g/mol. The second-order valence-corrected chi connectivity index (χ2v) is 5.94. The zero-order chi connectivity index (χ0) is 21.3. The minimum atomic E-state index is -2.68. The summed E-state index contributed by atoms with van der Waals surface area (Å²) >= 11 is 0.986. The predicted octanol–water partition coefficient (Wildman–Crippen LogP) is -0.802. The van der Waals surface area contributed by atoms with Crippen molar-refractivity contribution >= 4 is 40.0 Å². The molecule has 11 nitrogen and oxygen atoms in total. The van der Waals surface area contributed by atoms with Gasteiger partial charge in [-0.25, -0.2) is 14.8 Å². The van der Waals surface area contributed by atoms with Crippen LogP contribution in [-0.4, -0.2) is 63.9 Å². The molecule has 1 aromatic rings. The normalized spacial score (nSPS) is 25.4. The van der Waals surface area contributed by atoms with Gasteiger partial charge in [0.1, 0.15) is 11.7 Å². The number of aliphatic carboxylic acids is 1. The van der Waals surface area contributed by atoms with Crippen LogP contribution in [0.3, 0.4) is 0 Å². The van der Waals surface area contributed by atoms with E-state index >= 15 is 0 Å². The molecule has 12 heteroatoms. The average Bonchev–Trinajstić information content (AvgIpc) is 3.01. The number of nitrogens with one attached hydrogen (secondary N) is 1. The zero-order valence-electron chi connectivity index (χ0n) is 16.2. The lowest BCUT2D eigenvalue weighted by atomic mass is 9.84. The number of nitrogens with zero attached hydrogens (tertiary/aromatic N) is 3. The quantitative estimate of drug-likeness (QED) is 0.318. The number of nitrogens with two attached hydrogens (primary N) is 1. The molecule has 2 amide bonds. The maximum Gasteiger partial charge on any atom is 0.344 e. The second kappa shape index (κ2) is 7.03. The fraction of sp³-hybridized carbons (Fsp3) is 0.462. The minimum Gasteiger partial charge on any atom is -0.479 e. The van der Waals surface area contributed by atoms with E-state index < -0.39 is 48.5 Å². The molecule has 136 valence electrons. The van der Waals surface area contributed by atoms with Crippen LogP contribution < -0.4 is 11.1 Å². The third-order valence-electron chi connectivity index (χ3n) is 3.21. The molecule has 0 radical (unpaired) electrons. The highest BCUT2D eigenvalue weighted by Gasteiger charge is 2.56. The Kier molecular flexibility index (Phi) is 4.10. The minimum absolute atomic E-state index is 0.0312. The van der Waals surface area contributed by atoms with Crippen LogP contribution in [0.25, 0.3) is 0 Å². The predicted molar refractivity (Wildman–Crippen MR) is 86.5 cm³/mol. The summed E-state index contributed by atoms with van der Waals surface area (Å²) in [6, 6.07) is -1.45. The first-order valence-electron chi connectivity index (χ1n) is 8.25. The SMILES string of the molecule is [2H]C([2H])([2H])[C@@]1(C)[C@H](NC(=O)/C(=N\OCC(=O)O)c2csc(N)n2)C(=O)N1OC. The number of anilines is 1. The molecule has 2 heterocycles. The Morgan fingerprint density at radius 1 is 1.68 bits per heavy atom. The molecular formula is C13H17N5O6S. The van der Waals surface area contributed by atoms with Gasteiger partial charge in [0.15, 0.2) is 10.8 Å². The fourth-order valence-electron chi connectivity index (χ4n) is 2.07. The molecule has 25 heavy (non-hydrogen) atoms. The van der Waals surface area contributed by atoms with E-state index in [4.69, 9.17) is 19.8 Å². The van der Waals surface area contributed by atoms with E-state index in [0.29, 0.717) is 5.06 Å². The van der Waals surface area contributed by atoms with Crippen LogP contribution in [0.15, 0.2) is 10.5 Å². The molecule has 1 fully saturated rings. The molecule has 0 aliphatic carbocycles. The second-order valence-electron chi connectivity index (χ2n) is 5.05. The van der Waals surface area contributed by atoms with Crippen LogP contribution in [0.1, 0.15) is 23.6 Å². The first kappa shape index (κ1) is 14.6. The van der Waals surface area contributed by atoms with Gasteiger partial charge in [0.2, 0.25) is 6.61 Å². The third kappa shape index (κ3) is 3.69. The van der Waals surface area contributed by atoms with Crippen LogP contribution in [0.4, 0.5) is 5.13 Å². The lowest BCUT2D eigenvalue weighted by Crippen LogP contribution is -2.76. The molecule has 2 rings (SSSR count). The molecule has 0 spiro atoms. The van der Waals surface area contributed by atoms with Crippen molar-refractivity contribution in [3.8, 4) is 0 Å². The van der Waals surface area contributed by atoms with Crippen molar-refractivity contribution in [2.45, 2.75) is 25.4 Å². The average molecular weight is 374 g/mol. The summed E-state index contributed by atoms with van der Waals surface area (Å²) in [5.74, 6) is -3.11. The first-order chi connectivity index (χ1) is 12.9. The van der Waals surface area contributed by atoms with Crippen molar-refractivity contribution in [1.82, 2.24) is 15.4 Å². The number of thiazole rings is 1. The topological polar surface area (TPSA) is 156 Å². The molecule has 0 bridgehead atoms. The molecule has 1 aliphatic rings. The molecule has 4 N–H and O–H groups in total. The number of carboxylic acid groups (broad SMARTS) is 1. The number of hydroxylamine groups is 2. The zero-order valence-corrected chi connectivity index (χ0v) is 14.0. The number of rotatable bonds is 7. The Bertz CT molecular complexity index is 828. The number of amides is 2. The number of oxime groups is 1. The number of carbonyl (C=O) groups excluding carboxylic acids is 2. The standard InChI is InChI=1S/C13H17N5O6S/c1-13(2)9(11(22)18(13)23-3)16-10(21)8(17-24-4-7(19)20)6-5-25-12(14)15-6/h5,9H,4H2,1-3H3,(H2,14,15)(H,16,21)(H,19,20)/b17-8-/t9-/m1/s1/i1D3/t9-,13-. The first-order valence-corrected chi connectivity index (χ1v) is 7.63. The molecular weight excluding hydrogens is 354 g/mol. The molecule has 0 unspecified atom stereocenters. The van der Waals surface area contributed by atoms with Crippen LogP contribution in [0.2, 0.25) is 0 Å². The Balaban J connectivity index is 2.30. The summed E-state index contributed by atoms with van der Waals surface area (Å²) in [5.41, 5.74) is 3.20. The Hall–Kier alpha value is -2.73. The van der Waals surface area contributed by atoms with Crippen molar-refractivity contribution in [3.63, 3.8) is 0 Å². The van der Waals surface area contributed by atoms with E-state index in [-0.39, 0.29) is 10.8 Å². The van der Waals surface area contributed by atoms with Gasteiger partial charge < -0.3 is 21.0 Å². The van der Waals surface area contributed by atoms with Crippen molar-refractivity contribution in [2.24, 2.45) is 5.16 Å². The van der Waals surface area contributed by atoms with Gasteiger partial charge in [-0.05, 0) is 13.8 Å². The van der Waals surface area contributed by atoms with Crippen LogP contribution >= 0.6 is 11.3 Å². The Morgan fingerprint density at radius 2 is 2.40 bits per heavy atom. The van der Waals surface area contributed by atoms with Gasteiger partial charge in [0.25, 0.3) is 11.8 Å². The summed E-state index contributed by atoms with van der Waals surface area (Å²) in [6.45, 7) is -2.28. The fourth-order valence-corrected chi connectivity index (χ4v) is 2.62. The van der Waals surface area contributed by atoms with E-state index in [1.165, 1.54) is 12.3 Å². The van der Waals surface area contributed by atoms with Gasteiger partial charge in [0, 0.05) is 9.49 Å². The van der Waals surface area contributed by atoms with E-state index in [1.54, 1.807) is 0 Å². The van der Waals surface area contributed by atoms with Gasteiger partial charge >= 0.3 is 5.97 Å². The highest BCUT2D eigenvalue weighted by molar-refractivity contribution is 7.13. The van der Waals surface area contributed by atoms with Crippen molar-refractivity contribution in [1.29, 1.82) is 0 Å². The molecule has 2 atom stereocenters. The number of hydrogen-bond acceptors (Lipinski definition) is 9. The molecule has 0 aromatic carbocycles. The van der Waals surface area contributed by atoms with Crippen LogP contribution in [0.5, 0.6) is 0 Å². The van der Waals surface area contributed by atoms with Crippen molar-refractivity contribution < 1.29 is 33.3 Å². The third-order valence-corrected chi connectivity index (χ3v) is 3.89. The number of nitrogen functional groups attached to an aromatic ring is 1. The molecule has 0 saturated carbocycles. The van der Waals surface area contributed by atoms with Crippen molar-refractivity contribution in [2.75, 3.05) is 19.5 Å². The highest BCUT2D eigenvalue weighted by atomic mass is 32.1. The molecule has 1 aromatic heterocycles. The van der Waals surface area contributed by atoms with Gasteiger partial charge in [-0.1, -0.05) is 5.16 Å². The lowest BCUT2D eigenvalue weighted by molar-refractivity contribution is -0.245. The van der Waals surface area contributed by atoms with E-state index in [2.05, 4.69) is 20.3 Å². The summed E-state index contributed by atoms with van der Waals surface area (Å²) < 4.78 is 23.0. The Morgan fingerprint density at radius 3 is 2.92 bits per heavy atom. The maximum atomic E-state index is 12.6. The summed E-state index contributed by atoms with van der Waals surface area (Å²) in [7, 11) is 1.13. The summed E-state index contributed by atoms with van der Waals surface area (Å²) in [6.07, 6.45) is 0. The van der Waals surface area contributed by atoms with E-state index in [0.717, 1.165) is 18.4 Å². The number of aromatic nitrogens is 1. The van der Waals surface area contributed by atoms with Gasteiger partial charge in [0.05, 0.1) is 12.6 Å². The van der Waals surface area contributed by atoms with Crippen LogP contribution in [-0.2, 0) is 24.1 Å². The van der Waals surface area contributed by atoms with E-state index in [1.807, 2.05) is 0 Å². The van der Waals surface area contributed by atoms with Gasteiger partial charge in [-0.2, -0.15) is 0 Å². The van der Waals surface area contributed by atoms with Crippen LogP contribution in [0, 0.1) is 0 Å². The summed E-state index contributed by atoms with van der Waals surface area (Å²) in [5, 5.41) is 16.5. The lowest BCUT2D eigenvalue weighted by Gasteiger charge is -2.51. The number of carbonyl (C=O) groups is 3. The summed E-state index contributed by atoms with van der Waals surface area (Å²) in [4.78, 5) is 48.7. The highest BCUT2D eigenvalue weighted by Crippen LogP contribution is 2.31. The Labute approximate surface area is 150 Å².